The zero-order valence-electron chi connectivity index (χ0n) is 9.51. The van der Waals surface area contributed by atoms with Crippen molar-refractivity contribution in [1.82, 2.24) is 5.32 Å². The maximum atomic E-state index is 6.10. The standard InChI is InChI=1S/C12H18ClNO/c1-9(2)8-15-12-10(7-14-3)5-4-6-11(12)13/h4-6,9,14H,7-8H2,1-3H3. The Morgan fingerprint density at radius 3 is 2.73 bits per heavy atom. The molecule has 0 saturated heterocycles. The Morgan fingerprint density at radius 2 is 2.13 bits per heavy atom. The molecule has 1 aromatic rings. The van der Waals surface area contributed by atoms with E-state index in [1.807, 2.05) is 25.2 Å². The summed E-state index contributed by atoms with van der Waals surface area (Å²) in [5.74, 6) is 1.31. The van der Waals surface area contributed by atoms with Crippen molar-refractivity contribution in [2.75, 3.05) is 13.7 Å². The Bertz CT molecular complexity index is 312. The highest BCUT2D eigenvalue weighted by molar-refractivity contribution is 6.32. The van der Waals surface area contributed by atoms with E-state index in [9.17, 15) is 0 Å². The zero-order valence-corrected chi connectivity index (χ0v) is 10.3. The molecule has 0 aliphatic carbocycles. The minimum atomic E-state index is 0.503. The van der Waals surface area contributed by atoms with Gasteiger partial charge >= 0.3 is 0 Å². The third-order valence-corrected chi connectivity index (χ3v) is 2.27. The predicted molar refractivity (Wildman–Crippen MR) is 64.5 cm³/mol. The molecule has 0 aliphatic heterocycles. The molecule has 84 valence electrons. The van der Waals surface area contributed by atoms with Gasteiger partial charge in [0.25, 0.3) is 0 Å². The molecule has 3 heteroatoms. The van der Waals surface area contributed by atoms with Crippen LogP contribution in [-0.4, -0.2) is 13.7 Å². The van der Waals surface area contributed by atoms with Crippen molar-refractivity contribution in [2.24, 2.45) is 5.92 Å². The second-order valence-electron chi connectivity index (χ2n) is 3.96. The summed E-state index contributed by atoms with van der Waals surface area (Å²) >= 11 is 6.10. The van der Waals surface area contributed by atoms with Gasteiger partial charge in [0.15, 0.2) is 0 Å². The van der Waals surface area contributed by atoms with Crippen LogP contribution < -0.4 is 10.1 Å². The van der Waals surface area contributed by atoms with Crippen LogP contribution in [0.15, 0.2) is 18.2 Å². The second kappa shape index (κ2) is 5.99. The number of hydrogen-bond donors (Lipinski definition) is 1. The monoisotopic (exact) mass is 227 g/mol. The highest BCUT2D eigenvalue weighted by Gasteiger charge is 2.08. The Hall–Kier alpha value is -0.730. The van der Waals surface area contributed by atoms with Crippen LogP contribution in [0.5, 0.6) is 5.75 Å². The predicted octanol–water partition coefficient (Wildman–Crippen LogP) is 3.09. The van der Waals surface area contributed by atoms with Crippen LogP contribution in [0.1, 0.15) is 19.4 Å². The molecule has 1 rings (SSSR count). The summed E-state index contributed by atoms with van der Waals surface area (Å²) in [4.78, 5) is 0. The van der Waals surface area contributed by atoms with E-state index in [2.05, 4.69) is 19.2 Å². The molecule has 0 spiro atoms. The maximum absolute atomic E-state index is 6.10. The lowest BCUT2D eigenvalue weighted by Gasteiger charge is -2.14. The molecule has 0 radical (unpaired) electrons. The quantitative estimate of drug-likeness (QED) is 0.835. The summed E-state index contributed by atoms with van der Waals surface area (Å²) in [5, 5.41) is 3.78. The Balaban J connectivity index is 2.81. The normalized spacial score (nSPS) is 10.7. The van der Waals surface area contributed by atoms with Crippen LogP contribution in [0.2, 0.25) is 5.02 Å². The van der Waals surface area contributed by atoms with E-state index >= 15 is 0 Å². The molecular formula is C12H18ClNO. The number of halogens is 1. The largest absolute Gasteiger partial charge is 0.491 e. The van der Waals surface area contributed by atoms with Crippen LogP contribution in [0, 0.1) is 5.92 Å². The first-order valence-corrected chi connectivity index (χ1v) is 5.57. The van der Waals surface area contributed by atoms with Gasteiger partial charge in [0, 0.05) is 12.1 Å². The minimum Gasteiger partial charge on any atom is -0.491 e. The Morgan fingerprint density at radius 1 is 1.40 bits per heavy atom. The van der Waals surface area contributed by atoms with Crippen molar-refractivity contribution in [1.29, 1.82) is 0 Å². The zero-order chi connectivity index (χ0) is 11.3. The first-order chi connectivity index (χ1) is 7.15. The van der Waals surface area contributed by atoms with Crippen LogP contribution in [0.4, 0.5) is 0 Å². The van der Waals surface area contributed by atoms with Gasteiger partial charge in [-0.1, -0.05) is 37.6 Å². The van der Waals surface area contributed by atoms with Gasteiger partial charge < -0.3 is 10.1 Å². The van der Waals surface area contributed by atoms with Gasteiger partial charge in [0.2, 0.25) is 0 Å². The fourth-order valence-corrected chi connectivity index (χ4v) is 1.54. The van der Waals surface area contributed by atoms with E-state index in [0.29, 0.717) is 17.5 Å². The van der Waals surface area contributed by atoms with Crippen molar-refractivity contribution in [3.63, 3.8) is 0 Å². The lowest BCUT2D eigenvalue weighted by atomic mass is 10.2. The Kier molecular flexibility index (Phi) is 4.92. The van der Waals surface area contributed by atoms with E-state index < -0.39 is 0 Å². The summed E-state index contributed by atoms with van der Waals surface area (Å²) in [6, 6.07) is 5.83. The highest BCUT2D eigenvalue weighted by atomic mass is 35.5. The molecule has 15 heavy (non-hydrogen) atoms. The molecule has 0 bridgehead atoms. The lowest BCUT2D eigenvalue weighted by molar-refractivity contribution is 0.268. The van der Waals surface area contributed by atoms with Crippen molar-refractivity contribution in [3.05, 3.63) is 28.8 Å². The van der Waals surface area contributed by atoms with E-state index in [1.165, 1.54) is 0 Å². The van der Waals surface area contributed by atoms with Gasteiger partial charge in [-0.25, -0.2) is 0 Å². The second-order valence-corrected chi connectivity index (χ2v) is 4.37. The van der Waals surface area contributed by atoms with Gasteiger partial charge in [0.1, 0.15) is 5.75 Å². The van der Waals surface area contributed by atoms with Crippen molar-refractivity contribution in [2.45, 2.75) is 20.4 Å². The van der Waals surface area contributed by atoms with Gasteiger partial charge in [-0.15, -0.1) is 0 Å². The summed E-state index contributed by atoms with van der Waals surface area (Å²) in [6.45, 7) is 5.71. The van der Waals surface area contributed by atoms with Crippen LogP contribution >= 0.6 is 11.6 Å². The molecule has 0 aliphatic rings. The molecular weight excluding hydrogens is 210 g/mol. The smallest absolute Gasteiger partial charge is 0.142 e. The summed E-state index contributed by atoms with van der Waals surface area (Å²) in [7, 11) is 1.91. The molecule has 0 saturated carbocycles. The number of hydrogen-bond acceptors (Lipinski definition) is 2. The van der Waals surface area contributed by atoms with Gasteiger partial charge in [-0.05, 0) is 19.0 Å². The van der Waals surface area contributed by atoms with Gasteiger partial charge in [0.05, 0.1) is 11.6 Å². The lowest BCUT2D eigenvalue weighted by Crippen LogP contribution is -2.10. The fraction of sp³-hybridized carbons (Fsp3) is 0.500. The average Bonchev–Trinajstić information content (AvgIpc) is 2.17. The van der Waals surface area contributed by atoms with E-state index in [0.717, 1.165) is 17.9 Å². The van der Waals surface area contributed by atoms with E-state index in [1.54, 1.807) is 0 Å². The first kappa shape index (κ1) is 12.3. The third kappa shape index (κ3) is 3.73. The van der Waals surface area contributed by atoms with E-state index in [-0.39, 0.29) is 0 Å². The number of ether oxygens (including phenoxy) is 1. The molecule has 0 atom stereocenters. The number of rotatable bonds is 5. The summed E-state index contributed by atoms with van der Waals surface area (Å²) in [6.07, 6.45) is 0. The number of nitrogens with one attached hydrogen (secondary N) is 1. The van der Waals surface area contributed by atoms with Crippen molar-refractivity contribution < 1.29 is 4.74 Å². The van der Waals surface area contributed by atoms with Crippen molar-refractivity contribution in [3.8, 4) is 5.75 Å². The van der Waals surface area contributed by atoms with E-state index in [4.69, 9.17) is 16.3 Å². The molecule has 0 unspecified atom stereocenters. The first-order valence-electron chi connectivity index (χ1n) is 5.20. The average molecular weight is 228 g/mol. The highest BCUT2D eigenvalue weighted by Crippen LogP contribution is 2.28. The summed E-state index contributed by atoms with van der Waals surface area (Å²) < 4.78 is 5.71. The molecule has 0 heterocycles. The SMILES string of the molecule is CNCc1cccc(Cl)c1OCC(C)C. The summed E-state index contributed by atoms with van der Waals surface area (Å²) in [5.41, 5.74) is 1.10. The third-order valence-electron chi connectivity index (χ3n) is 1.98. The molecule has 1 N–H and O–H groups in total. The molecule has 0 aromatic heterocycles. The van der Waals surface area contributed by atoms with Crippen LogP contribution in [0.25, 0.3) is 0 Å². The number of benzene rings is 1. The maximum Gasteiger partial charge on any atom is 0.142 e. The molecule has 0 fully saturated rings. The van der Waals surface area contributed by atoms with Crippen LogP contribution in [0.3, 0.4) is 0 Å². The van der Waals surface area contributed by atoms with Gasteiger partial charge in [-0.2, -0.15) is 0 Å². The van der Waals surface area contributed by atoms with Crippen LogP contribution in [-0.2, 0) is 6.54 Å². The van der Waals surface area contributed by atoms with Gasteiger partial charge in [-0.3, -0.25) is 0 Å². The molecule has 2 nitrogen and oxygen atoms in total. The fourth-order valence-electron chi connectivity index (χ4n) is 1.29. The number of para-hydroxylation sites is 1. The Labute approximate surface area is 96.6 Å². The molecule has 0 amide bonds. The minimum absolute atomic E-state index is 0.503. The molecule has 1 aromatic carbocycles. The topological polar surface area (TPSA) is 21.3 Å². The van der Waals surface area contributed by atoms with Crippen molar-refractivity contribution >= 4 is 11.6 Å².